The fourth-order valence-corrected chi connectivity index (χ4v) is 6.19. The summed E-state index contributed by atoms with van der Waals surface area (Å²) in [4.78, 5) is 54.9. The van der Waals surface area contributed by atoms with E-state index in [1.165, 1.54) is 31.1 Å². The predicted octanol–water partition coefficient (Wildman–Crippen LogP) is -0.194. The number of nitrogens with one attached hydrogen (secondary N) is 1. The number of aromatic hydroxyl groups is 1. The van der Waals surface area contributed by atoms with Crippen molar-refractivity contribution in [3.63, 3.8) is 0 Å². The Morgan fingerprint density at radius 2 is 1.68 bits per heavy atom. The van der Waals surface area contributed by atoms with Crippen LogP contribution in [0.2, 0.25) is 0 Å². The number of carbonyl (C=O) groups excluding carboxylic acids is 4. The monoisotopic (exact) mass is 594 g/mol. The topological polar surface area (TPSA) is 214 Å². The number of carbonyl (C=O) groups is 4. The molecule has 4 rings (SSSR count). The fraction of sp³-hybridized carbons (Fsp3) is 0.481. The van der Waals surface area contributed by atoms with Gasteiger partial charge in [-0.2, -0.15) is 0 Å². The molecule has 0 saturated heterocycles. The van der Waals surface area contributed by atoms with Crippen molar-refractivity contribution < 1.29 is 44.7 Å². The number of aliphatic hydroxyl groups excluding tert-OH is 3. The minimum atomic E-state index is -2.99. The van der Waals surface area contributed by atoms with E-state index in [-0.39, 0.29) is 23.7 Å². The fourth-order valence-electron chi connectivity index (χ4n) is 6.19. The number of halogens is 1. The van der Waals surface area contributed by atoms with Crippen LogP contribution >= 0.6 is 12.4 Å². The van der Waals surface area contributed by atoms with Gasteiger partial charge in [-0.3, -0.25) is 29.0 Å². The first-order chi connectivity index (χ1) is 18.5. The molecule has 7 atom stereocenters. The summed E-state index contributed by atoms with van der Waals surface area (Å²) in [5.41, 5.74) is 0.917. The number of phenolic OH excluding ortho intramolecular Hbond substituents is 1. The second-order valence-electron chi connectivity index (χ2n) is 11.1. The Bertz CT molecular complexity index is 1410. The van der Waals surface area contributed by atoms with Crippen molar-refractivity contribution >= 4 is 47.2 Å². The van der Waals surface area contributed by atoms with Crippen molar-refractivity contribution in [1.82, 2.24) is 9.80 Å². The Hall–Kier alpha value is -3.49. The molecule has 5 unspecified atom stereocenters. The zero-order valence-corrected chi connectivity index (χ0v) is 24.2. The zero-order valence-electron chi connectivity index (χ0n) is 23.4. The van der Waals surface area contributed by atoms with Gasteiger partial charge in [-0.25, -0.2) is 0 Å². The van der Waals surface area contributed by atoms with E-state index in [1.54, 1.807) is 32.8 Å². The molecule has 0 spiro atoms. The zero-order chi connectivity index (χ0) is 30.2. The van der Waals surface area contributed by atoms with Crippen molar-refractivity contribution in [2.45, 2.75) is 43.6 Å². The number of likely N-dealkylation sites (N-methyl/N-ethyl adjacent to an activating group) is 2. The maximum atomic E-state index is 14.0. The first-order valence-electron chi connectivity index (χ1n) is 12.7. The van der Waals surface area contributed by atoms with Crippen LogP contribution in [0.4, 0.5) is 5.69 Å². The number of hydrogen-bond acceptors (Lipinski definition) is 11. The maximum Gasteiger partial charge on any atom is 0.255 e. The molecule has 13 nitrogen and oxygen atoms in total. The molecule has 8 N–H and O–H groups in total. The first-order valence-corrected chi connectivity index (χ1v) is 12.7. The van der Waals surface area contributed by atoms with E-state index in [9.17, 15) is 44.7 Å². The molecule has 1 fully saturated rings. The van der Waals surface area contributed by atoms with E-state index in [1.807, 2.05) is 0 Å². The molecular formula is C27H35ClN4O9. The lowest BCUT2D eigenvalue weighted by Crippen LogP contribution is -2.70. The van der Waals surface area contributed by atoms with E-state index in [4.69, 9.17) is 5.73 Å². The highest BCUT2D eigenvalue weighted by molar-refractivity contribution is 6.24. The Morgan fingerprint density at radius 3 is 2.20 bits per heavy atom. The number of hydrogen-bond donors (Lipinski definition) is 7. The quantitative estimate of drug-likeness (QED) is 0.175. The van der Waals surface area contributed by atoms with E-state index in [0.29, 0.717) is 5.56 Å². The minimum Gasteiger partial charge on any atom is -0.508 e. The van der Waals surface area contributed by atoms with Crippen LogP contribution in [-0.2, 0) is 19.2 Å². The molecule has 0 bridgehead atoms. The molecule has 14 heteroatoms. The highest BCUT2D eigenvalue weighted by atomic mass is 35.5. The number of ketones is 2. The summed E-state index contributed by atoms with van der Waals surface area (Å²) in [6, 6.07) is 0.958. The molecule has 3 aliphatic rings. The lowest BCUT2D eigenvalue weighted by atomic mass is 9.54. The van der Waals surface area contributed by atoms with Crippen LogP contribution < -0.4 is 11.1 Å². The van der Waals surface area contributed by atoms with Crippen LogP contribution in [0.5, 0.6) is 5.75 Å². The van der Waals surface area contributed by atoms with Gasteiger partial charge >= 0.3 is 0 Å². The molecule has 2 amide bonds. The molecule has 41 heavy (non-hydrogen) atoms. The Balaban J connectivity index is 0.00000462. The summed E-state index contributed by atoms with van der Waals surface area (Å²) in [5, 5.41) is 59.4. The van der Waals surface area contributed by atoms with Gasteiger partial charge in [-0.05, 0) is 52.7 Å². The number of nitrogens with zero attached hydrogens (tertiary/aromatic N) is 2. The Labute approximate surface area is 242 Å². The highest BCUT2D eigenvalue weighted by Crippen LogP contribution is 2.56. The van der Waals surface area contributed by atoms with Gasteiger partial charge in [0, 0.05) is 11.5 Å². The minimum absolute atomic E-state index is 0. The van der Waals surface area contributed by atoms with Gasteiger partial charge in [-0.15, -0.1) is 12.4 Å². The van der Waals surface area contributed by atoms with E-state index >= 15 is 0 Å². The summed E-state index contributed by atoms with van der Waals surface area (Å²) in [7, 11) is 6.27. The maximum absolute atomic E-state index is 14.0. The summed E-state index contributed by atoms with van der Waals surface area (Å²) in [6.07, 6.45) is -1.68. The Morgan fingerprint density at radius 1 is 1.10 bits per heavy atom. The Kier molecular flexibility index (Phi) is 8.38. The smallest absolute Gasteiger partial charge is 0.255 e. The number of benzene rings is 1. The van der Waals surface area contributed by atoms with Crippen LogP contribution in [0, 0.1) is 11.8 Å². The van der Waals surface area contributed by atoms with E-state index in [0.717, 1.165) is 0 Å². The number of fused-ring (bicyclic) bond motifs is 3. The molecule has 224 valence electrons. The lowest BCUT2D eigenvalue weighted by molar-refractivity contribution is -0.169. The largest absolute Gasteiger partial charge is 0.508 e. The van der Waals surface area contributed by atoms with Crippen molar-refractivity contribution in [2.75, 3.05) is 33.5 Å². The summed E-state index contributed by atoms with van der Waals surface area (Å²) < 4.78 is 0. The molecule has 0 heterocycles. The highest BCUT2D eigenvalue weighted by Gasteiger charge is 2.68. The van der Waals surface area contributed by atoms with Crippen molar-refractivity contribution in [1.29, 1.82) is 0 Å². The SMILES string of the molecule is CC1c2ccc(NC(=O)C(C)N(C)C)c(O)c2C(O)=C2C(=O)[C@]3(O)C(O)=C(C(N)=O)C(=O)[C@@H](N(C)C)C3C(O)C21.Cl. The summed E-state index contributed by atoms with van der Waals surface area (Å²) >= 11 is 0. The molecule has 3 aliphatic carbocycles. The number of Topliss-reactive ketones (excluding diaryl/α,β-unsaturated/α-hetero) is 2. The predicted molar refractivity (Wildman–Crippen MR) is 149 cm³/mol. The van der Waals surface area contributed by atoms with Gasteiger partial charge in [0.1, 0.15) is 22.8 Å². The number of aliphatic hydroxyl groups is 4. The van der Waals surface area contributed by atoms with E-state index < -0.39 is 93.3 Å². The normalized spacial score (nSPS) is 30.0. The van der Waals surface area contributed by atoms with Crippen LogP contribution in [0.25, 0.3) is 5.76 Å². The van der Waals surface area contributed by atoms with Crippen molar-refractivity contribution in [2.24, 2.45) is 17.6 Å². The molecule has 1 aromatic carbocycles. The summed E-state index contributed by atoms with van der Waals surface area (Å²) in [5.74, 6) is -10.2. The lowest BCUT2D eigenvalue weighted by Gasteiger charge is -2.53. The number of amides is 2. The molecule has 0 aliphatic heterocycles. The van der Waals surface area contributed by atoms with Gasteiger partial charge in [0.25, 0.3) is 5.91 Å². The van der Waals surface area contributed by atoms with Gasteiger partial charge in [0.2, 0.25) is 11.7 Å². The molecule has 0 radical (unpaired) electrons. The average molecular weight is 595 g/mol. The van der Waals surface area contributed by atoms with Crippen LogP contribution in [0.3, 0.4) is 0 Å². The molecule has 0 aromatic heterocycles. The number of phenols is 1. The van der Waals surface area contributed by atoms with Crippen LogP contribution in [0.1, 0.15) is 30.9 Å². The third-order valence-corrected chi connectivity index (χ3v) is 8.54. The van der Waals surface area contributed by atoms with Gasteiger partial charge < -0.3 is 36.6 Å². The molecule has 1 saturated carbocycles. The number of primary amides is 1. The second-order valence-corrected chi connectivity index (χ2v) is 11.1. The van der Waals surface area contributed by atoms with Gasteiger partial charge in [0.15, 0.2) is 11.4 Å². The first kappa shape index (κ1) is 32.0. The third kappa shape index (κ3) is 4.39. The average Bonchev–Trinajstić information content (AvgIpc) is 2.86. The van der Waals surface area contributed by atoms with Crippen LogP contribution in [-0.4, -0.2) is 111 Å². The number of nitrogens with two attached hydrogens (primary N) is 1. The van der Waals surface area contributed by atoms with E-state index in [2.05, 4.69) is 5.32 Å². The third-order valence-electron chi connectivity index (χ3n) is 8.54. The molecular weight excluding hydrogens is 560 g/mol. The van der Waals surface area contributed by atoms with Crippen molar-refractivity contribution in [3.8, 4) is 5.75 Å². The van der Waals surface area contributed by atoms with Gasteiger partial charge in [-0.1, -0.05) is 13.0 Å². The summed E-state index contributed by atoms with van der Waals surface area (Å²) in [6.45, 7) is 3.27. The number of rotatable bonds is 5. The van der Waals surface area contributed by atoms with Crippen molar-refractivity contribution in [3.05, 3.63) is 40.2 Å². The molecule has 1 aromatic rings. The second kappa shape index (κ2) is 10.7. The standard InChI is InChI=1S/C27H34N4O9.ClH/c1-9-11-7-8-12(29-26(39)10(2)30(3)4)19(32)14(11)20(33)15-13(9)21(34)17-18(31(5)6)22(35)16(25(28)38)24(37)27(17,40)23(15)36;/h7-10,13,17-18,21,32-34,37,40H,1-6H3,(H2,28,38)(H,29,39);1H/t9?,10?,13?,17?,18-,21?,27-;/m0./s1. The van der Waals surface area contributed by atoms with Gasteiger partial charge in [0.05, 0.1) is 35.4 Å². The number of anilines is 1. The van der Waals surface area contributed by atoms with Crippen LogP contribution in [0.15, 0.2) is 29.0 Å².